The van der Waals surface area contributed by atoms with E-state index in [1.807, 2.05) is 6.07 Å². The van der Waals surface area contributed by atoms with Crippen LogP contribution in [-0.2, 0) is 0 Å². The molecule has 0 N–H and O–H groups in total. The van der Waals surface area contributed by atoms with Crippen LogP contribution in [0.15, 0.2) is 18.2 Å². The van der Waals surface area contributed by atoms with Gasteiger partial charge in [-0.1, -0.05) is 5.92 Å². The van der Waals surface area contributed by atoms with Crippen LogP contribution in [0.5, 0.6) is 5.75 Å². The van der Waals surface area contributed by atoms with Gasteiger partial charge in [0.15, 0.2) is 6.07 Å². The maximum Gasteiger partial charge on any atom is 0.152 e. The molecule has 0 fully saturated rings. The second kappa shape index (κ2) is 4.55. The van der Waals surface area contributed by atoms with Crippen LogP contribution in [0, 0.1) is 34.5 Å². The van der Waals surface area contributed by atoms with Gasteiger partial charge in [0.2, 0.25) is 0 Å². The van der Waals surface area contributed by atoms with Gasteiger partial charge in [-0.15, -0.1) is 0 Å². The van der Waals surface area contributed by atoms with E-state index in [0.717, 1.165) is 0 Å². The highest BCUT2D eigenvalue weighted by Crippen LogP contribution is 2.17. The molecular formula is C11H6N2O. The fourth-order valence-electron chi connectivity index (χ4n) is 0.973. The molecule has 66 valence electrons. The number of hydrogen-bond donors (Lipinski definition) is 0. The number of ether oxygens (including phenoxy) is 1. The minimum atomic E-state index is 0.414. The Balaban J connectivity index is 3.17. The molecule has 0 atom stereocenters. The molecule has 0 heterocycles. The van der Waals surface area contributed by atoms with E-state index in [2.05, 4.69) is 11.8 Å². The number of methoxy groups -OCH3 is 1. The topological polar surface area (TPSA) is 56.8 Å². The monoisotopic (exact) mass is 182 g/mol. The minimum absolute atomic E-state index is 0.414. The lowest BCUT2D eigenvalue weighted by atomic mass is 10.1. The van der Waals surface area contributed by atoms with E-state index >= 15 is 0 Å². The number of hydrogen-bond acceptors (Lipinski definition) is 3. The maximum absolute atomic E-state index is 8.76. The predicted octanol–water partition coefficient (Wildman–Crippen LogP) is 1.44. The predicted molar refractivity (Wildman–Crippen MR) is 50.2 cm³/mol. The number of nitriles is 2. The molecule has 0 radical (unpaired) electrons. The van der Waals surface area contributed by atoms with Crippen LogP contribution < -0.4 is 4.74 Å². The van der Waals surface area contributed by atoms with Gasteiger partial charge in [0.1, 0.15) is 11.8 Å². The first kappa shape index (κ1) is 9.65. The van der Waals surface area contributed by atoms with E-state index in [1.54, 1.807) is 24.3 Å². The molecule has 3 heteroatoms. The fraction of sp³-hybridized carbons (Fsp3) is 0.0909. The molecule has 0 bridgehead atoms. The van der Waals surface area contributed by atoms with E-state index in [0.29, 0.717) is 16.9 Å². The van der Waals surface area contributed by atoms with E-state index in [-0.39, 0.29) is 0 Å². The first-order chi connectivity index (χ1) is 6.81. The molecule has 0 aliphatic rings. The van der Waals surface area contributed by atoms with Gasteiger partial charge >= 0.3 is 0 Å². The summed E-state index contributed by atoms with van der Waals surface area (Å²) in [5, 5.41) is 17.0. The van der Waals surface area contributed by atoms with Crippen molar-refractivity contribution in [2.45, 2.75) is 0 Å². The lowest BCUT2D eigenvalue weighted by molar-refractivity contribution is 0.413. The van der Waals surface area contributed by atoms with E-state index in [4.69, 9.17) is 15.3 Å². The van der Waals surface area contributed by atoms with Gasteiger partial charge in [-0.2, -0.15) is 10.5 Å². The molecule has 14 heavy (non-hydrogen) atoms. The van der Waals surface area contributed by atoms with Crippen molar-refractivity contribution in [2.24, 2.45) is 0 Å². The van der Waals surface area contributed by atoms with Crippen molar-refractivity contribution >= 4 is 0 Å². The summed E-state index contributed by atoms with van der Waals surface area (Å²) in [4.78, 5) is 0. The molecule has 1 aromatic rings. The Morgan fingerprint density at radius 2 is 2.07 bits per heavy atom. The molecule has 0 spiro atoms. The Bertz CT molecular complexity index is 481. The van der Waals surface area contributed by atoms with Gasteiger partial charge in [-0.05, 0) is 18.2 Å². The Morgan fingerprint density at radius 1 is 1.29 bits per heavy atom. The van der Waals surface area contributed by atoms with Crippen molar-refractivity contribution in [1.82, 2.24) is 0 Å². The van der Waals surface area contributed by atoms with Crippen LogP contribution in [0.1, 0.15) is 11.1 Å². The summed E-state index contributed by atoms with van der Waals surface area (Å²) < 4.78 is 4.96. The van der Waals surface area contributed by atoms with Crippen molar-refractivity contribution in [3.63, 3.8) is 0 Å². The third kappa shape index (κ3) is 2.03. The molecule has 0 saturated carbocycles. The zero-order chi connectivity index (χ0) is 10.4. The third-order valence-electron chi connectivity index (χ3n) is 1.58. The third-order valence-corrected chi connectivity index (χ3v) is 1.58. The first-order valence-electron chi connectivity index (χ1n) is 3.80. The highest BCUT2D eigenvalue weighted by molar-refractivity contribution is 5.50. The molecule has 0 unspecified atom stereocenters. The van der Waals surface area contributed by atoms with Crippen LogP contribution in [0.4, 0.5) is 0 Å². The second-order valence-electron chi connectivity index (χ2n) is 2.39. The molecule has 0 aliphatic carbocycles. The summed E-state index contributed by atoms with van der Waals surface area (Å²) in [6, 6.07) is 8.63. The van der Waals surface area contributed by atoms with E-state index in [1.165, 1.54) is 7.11 Å². The standard InChI is InChI=1S/C11H6N2O/c1-14-11-5-4-9(3-2-6-12)7-10(11)8-13/h4-5,7H,1H3. The Morgan fingerprint density at radius 3 is 2.64 bits per heavy atom. The average Bonchev–Trinajstić information content (AvgIpc) is 2.25. The van der Waals surface area contributed by atoms with Gasteiger partial charge in [-0.25, -0.2) is 0 Å². The molecule has 0 aliphatic heterocycles. The Kier molecular flexibility index (Phi) is 3.14. The van der Waals surface area contributed by atoms with Crippen molar-refractivity contribution in [1.29, 1.82) is 10.5 Å². The first-order valence-corrected chi connectivity index (χ1v) is 3.80. The minimum Gasteiger partial charge on any atom is -0.495 e. The molecule has 1 aromatic carbocycles. The lowest BCUT2D eigenvalue weighted by Crippen LogP contribution is -1.88. The fourth-order valence-corrected chi connectivity index (χ4v) is 0.973. The summed E-state index contributed by atoms with van der Waals surface area (Å²) >= 11 is 0. The van der Waals surface area contributed by atoms with Gasteiger partial charge in [0, 0.05) is 11.5 Å². The lowest BCUT2D eigenvalue weighted by Gasteiger charge is -2.01. The molecule has 3 nitrogen and oxygen atoms in total. The van der Waals surface area contributed by atoms with Crippen LogP contribution >= 0.6 is 0 Å². The van der Waals surface area contributed by atoms with Crippen LogP contribution in [0.25, 0.3) is 0 Å². The SMILES string of the molecule is COc1ccc(C#CC#N)cc1C#N. The summed E-state index contributed by atoms with van der Waals surface area (Å²) in [7, 11) is 1.50. The number of benzene rings is 1. The van der Waals surface area contributed by atoms with Crippen molar-refractivity contribution in [3.05, 3.63) is 29.3 Å². The Labute approximate surface area is 82.2 Å². The summed E-state index contributed by atoms with van der Waals surface area (Å²) in [6.07, 6.45) is 0. The smallest absolute Gasteiger partial charge is 0.152 e. The molecule has 1 rings (SSSR count). The highest BCUT2D eigenvalue weighted by Gasteiger charge is 2.01. The van der Waals surface area contributed by atoms with Crippen molar-refractivity contribution < 1.29 is 4.74 Å². The highest BCUT2D eigenvalue weighted by atomic mass is 16.5. The number of rotatable bonds is 1. The van der Waals surface area contributed by atoms with Crippen molar-refractivity contribution in [2.75, 3.05) is 7.11 Å². The van der Waals surface area contributed by atoms with Gasteiger partial charge < -0.3 is 4.74 Å². The zero-order valence-corrected chi connectivity index (χ0v) is 7.53. The van der Waals surface area contributed by atoms with Crippen molar-refractivity contribution in [3.8, 4) is 29.7 Å². The molecular weight excluding hydrogens is 176 g/mol. The van der Waals surface area contributed by atoms with Crippen LogP contribution in [0.2, 0.25) is 0 Å². The molecule has 0 aromatic heterocycles. The van der Waals surface area contributed by atoms with Gasteiger partial charge in [0.05, 0.1) is 12.7 Å². The van der Waals surface area contributed by atoms with E-state index in [9.17, 15) is 0 Å². The summed E-state index contributed by atoms with van der Waals surface area (Å²) in [5.41, 5.74) is 1.04. The average molecular weight is 182 g/mol. The quantitative estimate of drug-likeness (QED) is 0.617. The summed E-state index contributed by atoms with van der Waals surface area (Å²) in [6.45, 7) is 0. The zero-order valence-electron chi connectivity index (χ0n) is 7.53. The van der Waals surface area contributed by atoms with Crippen LogP contribution in [0.3, 0.4) is 0 Å². The van der Waals surface area contributed by atoms with Gasteiger partial charge in [-0.3, -0.25) is 0 Å². The van der Waals surface area contributed by atoms with E-state index < -0.39 is 0 Å². The molecule has 0 amide bonds. The summed E-state index contributed by atoms with van der Waals surface area (Å²) in [5.74, 6) is 5.37. The molecule has 0 saturated heterocycles. The van der Waals surface area contributed by atoms with Crippen LogP contribution in [-0.4, -0.2) is 7.11 Å². The number of nitrogens with zero attached hydrogens (tertiary/aromatic N) is 2. The second-order valence-corrected chi connectivity index (χ2v) is 2.39. The van der Waals surface area contributed by atoms with Gasteiger partial charge in [0.25, 0.3) is 0 Å². The largest absolute Gasteiger partial charge is 0.495 e. The Hall–Kier alpha value is -2.44. The normalized spacial score (nSPS) is 7.64. The maximum atomic E-state index is 8.76.